The van der Waals surface area contributed by atoms with E-state index in [0.717, 1.165) is 25.7 Å². The molecule has 15 nitrogen and oxygen atoms in total. The van der Waals surface area contributed by atoms with E-state index in [4.69, 9.17) is 14.2 Å². The van der Waals surface area contributed by atoms with Crippen LogP contribution >= 0.6 is 22.7 Å². The van der Waals surface area contributed by atoms with Crippen LogP contribution in [0.25, 0.3) is 40.9 Å². The lowest BCUT2D eigenvalue weighted by molar-refractivity contribution is -0.120. The number of hydrogen-bond acceptors (Lipinski definition) is 14. The van der Waals surface area contributed by atoms with E-state index in [1.807, 2.05) is 66.7 Å². The number of aromatic nitrogens is 3. The Bertz CT molecular complexity index is 3350. The van der Waals surface area contributed by atoms with Gasteiger partial charge in [-0.15, -0.1) is 22.7 Å². The van der Waals surface area contributed by atoms with E-state index in [9.17, 15) is 28.8 Å². The number of ketones is 4. The molecule has 8 aromatic rings. The molecule has 4 unspecified atom stereocenters. The molecule has 3 aromatic carbocycles. The summed E-state index contributed by atoms with van der Waals surface area (Å²) < 4.78 is 23.7. The fraction of sp³-hybridized carbons (Fsp3) is 0.278. The minimum atomic E-state index is -0.880. The normalized spacial score (nSPS) is 20.1. The lowest BCUT2D eigenvalue weighted by Crippen LogP contribution is -2.21. The van der Waals surface area contributed by atoms with E-state index >= 15 is 4.79 Å². The van der Waals surface area contributed by atoms with Crippen molar-refractivity contribution in [1.29, 1.82) is 0 Å². The molecule has 0 saturated heterocycles. The van der Waals surface area contributed by atoms with E-state index in [0.29, 0.717) is 61.2 Å². The number of benzene rings is 3. The number of ether oxygens (including phenoxy) is 3. The summed E-state index contributed by atoms with van der Waals surface area (Å²) in [7, 11) is 0. The van der Waals surface area contributed by atoms with Gasteiger partial charge in [-0.3, -0.25) is 19.2 Å². The Morgan fingerprint density at radius 2 is 0.761 bits per heavy atom. The molecule has 0 aliphatic heterocycles. The average Bonchev–Trinajstić information content (AvgIpc) is 4.26. The van der Waals surface area contributed by atoms with Crippen LogP contribution in [0.5, 0.6) is 0 Å². The van der Waals surface area contributed by atoms with Gasteiger partial charge in [0, 0.05) is 35.8 Å². The third-order valence-corrected chi connectivity index (χ3v) is 16.7. The smallest absolute Gasteiger partial charge is 0.420 e. The van der Waals surface area contributed by atoms with Gasteiger partial charge in [0.05, 0.1) is 40.9 Å². The summed E-state index contributed by atoms with van der Waals surface area (Å²) in [4.78, 5) is 109. The Morgan fingerprint density at radius 1 is 0.451 bits per heavy atom. The van der Waals surface area contributed by atoms with E-state index in [2.05, 4.69) is 9.98 Å². The van der Waals surface area contributed by atoms with Crippen LogP contribution in [0.15, 0.2) is 113 Å². The second-order valence-electron chi connectivity index (χ2n) is 18.5. The molecule has 4 saturated carbocycles. The van der Waals surface area contributed by atoms with Crippen LogP contribution in [0.4, 0.5) is 26.0 Å². The number of carbonyl (C=O) groups is 7. The second-order valence-corrected chi connectivity index (χ2v) is 20.6. The summed E-state index contributed by atoms with van der Waals surface area (Å²) in [6, 6.07) is 30.5. The number of thiophene rings is 2. The molecule has 5 heterocycles. The van der Waals surface area contributed by atoms with E-state index < -0.39 is 42.0 Å². The number of hydrogen-bond donors (Lipinski definition) is 0. The first-order chi connectivity index (χ1) is 34.6. The molecule has 0 amide bonds. The summed E-state index contributed by atoms with van der Waals surface area (Å²) in [5.74, 6) is -3.35. The van der Waals surface area contributed by atoms with Crippen LogP contribution in [-0.4, -0.2) is 66.5 Å². The highest BCUT2D eigenvalue weighted by Crippen LogP contribution is 2.51. The third-order valence-electron chi connectivity index (χ3n) is 14.3. The molecule has 0 bridgehead atoms. The predicted octanol–water partition coefficient (Wildman–Crippen LogP) is 11.4. The number of fused-ring (bicyclic) bond motifs is 9. The molecule has 4 fully saturated rings. The summed E-state index contributed by atoms with van der Waals surface area (Å²) in [6.07, 6.45) is 3.00. The van der Waals surface area contributed by atoms with Gasteiger partial charge in [-0.1, -0.05) is 117 Å². The first kappa shape index (κ1) is 44.6. The van der Waals surface area contributed by atoms with E-state index in [1.165, 1.54) is 36.4 Å². The highest BCUT2D eigenvalue weighted by Gasteiger charge is 2.49. The maximum Gasteiger partial charge on any atom is 0.420 e. The number of carbonyl (C=O) groups excluding carboxylic acids is 7. The summed E-state index contributed by atoms with van der Waals surface area (Å²) >= 11 is 2.49. The predicted molar refractivity (Wildman–Crippen MR) is 267 cm³/mol. The van der Waals surface area contributed by atoms with Gasteiger partial charge in [0.15, 0.2) is 34.6 Å². The lowest BCUT2D eigenvalue weighted by Gasteiger charge is -2.20. The van der Waals surface area contributed by atoms with Crippen molar-refractivity contribution >= 4 is 128 Å². The number of nitrogens with zero attached hydrogens (tertiary/aromatic N) is 5. The Hall–Kier alpha value is -7.63. The summed E-state index contributed by atoms with van der Waals surface area (Å²) in [5.41, 5.74) is 2.48. The van der Waals surface area contributed by atoms with Crippen molar-refractivity contribution in [3.8, 4) is 0 Å². The van der Waals surface area contributed by atoms with Crippen molar-refractivity contribution in [1.82, 2.24) is 13.7 Å². The molecule has 17 heteroatoms. The van der Waals surface area contributed by atoms with Gasteiger partial charge in [-0.05, 0) is 42.4 Å². The van der Waals surface area contributed by atoms with Crippen LogP contribution in [-0.2, 0) is 53.2 Å². The SMILES string of the molecule is O=C1C(=Nc2cc3sc4c5sc6cc(N=C7C(=O)C8CCCCC8C7=O)n(C(=O)OCc7ccccc7)c6c5n(C(=O)OCc5ccccc5)c4c3n2C(=O)OCc2ccccc2)C(=O)C2CCCCC12. The molecular formula is C54H43N5O10S2. The molecule has 0 radical (unpaired) electrons. The maximum absolute atomic E-state index is 15.1. The van der Waals surface area contributed by atoms with Crippen LogP contribution in [0.1, 0.15) is 68.1 Å². The highest BCUT2D eigenvalue weighted by atomic mass is 32.1. The quantitative estimate of drug-likeness (QED) is 0.133. The first-order valence-electron chi connectivity index (χ1n) is 23.8. The van der Waals surface area contributed by atoms with Crippen LogP contribution in [0.2, 0.25) is 0 Å². The Balaban J connectivity index is 1.09. The minimum absolute atomic E-state index is 0.0297. The van der Waals surface area contributed by atoms with E-state index in [-0.39, 0.29) is 88.1 Å². The van der Waals surface area contributed by atoms with Gasteiger partial charge < -0.3 is 14.2 Å². The van der Waals surface area contributed by atoms with Crippen molar-refractivity contribution in [2.75, 3.05) is 0 Å². The van der Waals surface area contributed by atoms with Crippen molar-refractivity contribution in [2.45, 2.75) is 71.2 Å². The van der Waals surface area contributed by atoms with Crippen LogP contribution < -0.4 is 0 Å². The van der Waals surface area contributed by atoms with Gasteiger partial charge in [0.25, 0.3) is 0 Å². The molecule has 0 spiro atoms. The number of aliphatic imine (C=N–C) groups is 2. The largest absolute Gasteiger partial charge is 0.444 e. The molecule has 4 atom stereocenters. The fourth-order valence-corrected chi connectivity index (χ4v) is 13.4. The minimum Gasteiger partial charge on any atom is -0.444 e. The number of rotatable bonds is 8. The molecule has 5 aromatic heterocycles. The zero-order chi connectivity index (χ0) is 48.5. The zero-order valence-corrected chi connectivity index (χ0v) is 39.7. The van der Waals surface area contributed by atoms with Crippen molar-refractivity contribution < 1.29 is 47.8 Å². The Labute approximate surface area is 412 Å². The fourth-order valence-electron chi connectivity index (χ4n) is 10.9. The maximum atomic E-state index is 15.1. The Morgan fingerprint density at radius 3 is 1.08 bits per heavy atom. The highest BCUT2D eigenvalue weighted by molar-refractivity contribution is 7.33. The van der Waals surface area contributed by atoms with Gasteiger partial charge in [-0.25, -0.2) is 38.1 Å². The zero-order valence-electron chi connectivity index (χ0n) is 38.0. The monoisotopic (exact) mass is 985 g/mol. The topological polar surface area (TPSA) is 187 Å². The van der Waals surface area contributed by atoms with Crippen LogP contribution in [0.3, 0.4) is 0 Å². The molecule has 71 heavy (non-hydrogen) atoms. The lowest BCUT2D eigenvalue weighted by atomic mass is 9.81. The molecular weight excluding hydrogens is 943 g/mol. The summed E-state index contributed by atoms with van der Waals surface area (Å²) in [6.45, 7) is -0.396. The van der Waals surface area contributed by atoms with Crippen molar-refractivity contribution in [3.05, 3.63) is 120 Å². The van der Waals surface area contributed by atoms with Crippen LogP contribution in [0, 0.1) is 23.7 Å². The second kappa shape index (κ2) is 18.0. The molecule has 0 N–H and O–H groups in total. The van der Waals surface area contributed by atoms with Crippen molar-refractivity contribution in [3.63, 3.8) is 0 Å². The number of Topliss-reactive ketones (excluding diaryl/α,β-unsaturated/α-hetero) is 4. The first-order valence-corrected chi connectivity index (χ1v) is 25.4. The van der Waals surface area contributed by atoms with Crippen molar-refractivity contribution in [2.24, 2.45) is 33.7 Å². The molecule has 4 aliphatic carbocycles. The van der Waals surface area contributed by atoms with Gasteiger partial charge in [0.2, 0.25) is 0 Å². The average molecular weight is 986 g/mol. The molecule has 4 aliphatic rings. The third kappa shape index (κ3) is 7.56. The van der Waals surface area contributed by atoms with Gasteiger partial charge in [0.1, 0.15) is 31.5 Å². The summed E-state index contributed by atoms with van der Waals surface area (Å²) in [5, 5.41) is 0. The standard InChI is InChI=1S/C54H43N5O10S2/c60-46-32-20-10-11-21-33(32)47(61)40(46)55-38-24-36-42(57(38)52(64)67-26-29-14-4-1-5-15-29)44-50(70-36)51-45(59(44)54(66)69-28-31-18-8-3-9-19-31)43-37(71-51)25-39(58(43)53(65)68-27-30-16-6-2-7-17-30)56-41-48(62)34-22-12-13-23-35(34)49(41)63/h1-9,14-19,24-25,32-35H,10-13,20-23,26-28H2. The molecule has 356 valence electrons. The van der Waals surface area contributed by atoms with E-state index in [1.54, 1.807) is 36.4 Å². The molecule has 12 rings (SSSR count). The van der Waals surface area contributed by atoms with Gasteiger partial charge in [-0.2, -0.15) is 0 Å². The Kier molecular flexibility index (Phi) is 11.3. The van der Waals surface area contributed by atoms with Gasteiger partial charge >= 0.3 is 18.3 Å².